The van der Waals surface area contributed by atoms with Crippen LogP contribution in [-0.2, 0) is 10.5 Å². The van der Waals surface area contributed by atoms with Gasteiger partial charge in [-0.25, -0.2) is 4.39 Å². The molecule has 0 bridgehead atoms. The Bertz CT molecular complexity index is 724. The van der Waals surface area contributed by atoms with Crippen LogP contribution in [0, 0.1) is 5.82 Å². The smallest absolute Gasteiger partial charge is 0.230 e. The lowest BCUT2D eigenvalue weighted by atomic mass is 10.1. The molecular formula is C19H22FNO3S. The molecule has 6 heteroatoms. The first-order chi connectivity index (χ1) is 12.0. The van der Waals surface area contributed by atoms with Gasteiger partial charge < -0.3 is 14.8 Å². The quantitative estimate of drug-likeness (QED) is 0.771. The summed E-state index contributed by atoms with van der Waals surface area (Å²) in [6, 6.07) is 11.8. The summed E-state index contributed by atoms with van der Waals surface area (Å²) in [6.45, 7) is 1.89. The zero-order valence-corrected chi connectivity index (χ0v) is 15.4. The minimum absolute atomic E-state index is 0.112. The van der Waals surface area contributed by atoms with Gasteiger partial charge in [-0.05, 0) is 36.8 Å². The van der Waals surface area contributed by atoms with Crippen molar-refractivity contribution in [3.63, 3.8) is 0 Å². The van der Waals surface area contributed by atoms with Crippen molar-refractivity contribution in [2.75, 3.05) is 20.0 Å². The lowest BCUT2D eigenvalue weighted by Gasteiger charge is -2.18. The molecule has 2 rings (SSSR count). The Morgan fingerprint density at radius 2 is 1.96 bits per heavy atom. The van der Waals surface area contributed by atoms with Crippen LogP contribution in [0.15, 0.2) is 42.5 Å². The highest BCUT2D eigenvalue weighted by Gasteiger charge is 2.15. The Morgan fingerprint density at radius 1 is 1.20 bits per heavy atom. The van der Waals surface area contributed by atoms with Gasteiger partial charge in [-0.15, -0.1) is 11.8 Å². The van der Waals surface area contributed by atoms with Gasteiger partial charge in [-0.1, -0.05) is 18.2 Å². The SMILES string of the molecule is COc1ccc(OC)c([C@@H](C)NC(=O)CSCc2ccccc2F)c1. The minimum atomic E-state index is -0.245. The summed E-state index contributed by atoms with van der Waals surface area (Å²) < 4.78 is 24.1. The lowest BCUT2D eigenvalue weighted by Crippen LogP contribution is -2.28. The molecular weight excluding hydrogens is 341 g/mol. The second-order valence-electron chi connectivity index (χ2n) is 5.48. The maximum absolute atomic E-state index is 13.6. The molecule has 0 aliphatic rings. The van der Waals surface area contributed by atoms with Gasteiger partial charge in [-0.2, -0.15) is 0 Å². The summed E-state index contributed by atoms with van der Waals surface area (Å²) >= 11 is 1.38. The normalized spacial score (nSPS) is 11.7. The van der Waals surface area contributed by atoms with E-state index in [-0.39, 0.29) is 23.5 Å². The molecule has 0 radical (unpaired) electrons. The number of hydrogen-bond donors (Lipinski definition) is 1. The van der Waals surface area contributed by atoms with E-state index in [0.717, 1.165) is 5.56 Å². The molecule has 2 aromatic rings. The van der Waals surface area contributed by atoms with E-state index in [4.69, 9.17) is 9.47 Å². The Balaban J connectivity index is 1.91. The molecule has 0 fully saturated rings. The maximum atomic E-state index is 13.6. The van der Waals surface area contributed by atoms with Gasteiger partial charge in [0.15, 0.2) is 0 Å². The summed E-state index contributed by atoms with van der Waals surface area (Å²) in [5.41, 5.74) is 1.44. The van der Waals surface area contributed by atoms with E-state index in [1.807, 2.05) is 19.1 Å². The van der Waals surface area contributed by atoms with Crippen molar-refractivity contribution >= 4 is 17.7 Å². The van der Waals surface area contributed by atoms with Crippen molar-refractivity contribution in [2.24, 2.45) is 0 Å². The minimum Gasteiger partial charge on any atom is -0.497 e. The Labute approximate surface area is 151 Å². The van der Waals surface area contributed by atoms with Crippen molar-refractivity contribution in [2.45, 2.75) is 18.7 Å². The number of benzene rings is 2. The predicted molar refractivity (Wildman–Crippen MR) is 98.7 cm³/mol. The van der Waals surface area contributed by atoms with Crippen molar-refractivity contribution in [3.05, 3.63) is 59.4 Å². The van der Waals surface area contributed by atoms with Crippen LogP contribution >= 0.6 is 11.8 Å². The van der Waals surface area contributed by atoms with Gasteiger partial charge in [0, 0.05) is 11.3 Å². The third-order valence-electron chi connectivity index (χ3n) is 3.73. The number of rotatable bonds is 8. The van der Waals surface area contributed by atoms with E-state index in [2.05, 4.69) is 5.32 Å². The molecule has 4 nitrogen and oxygen atoms in total. The number of nitrogens with one attached hydrogen (secondary N) is 1. The van der Waals surface area contributed by atoms with E-state index >= 15 is 0 Å². The average Bonchev–Trinajstić information content (AvgIpc) is 2.62. The zero-order chi connectivity index (χ0) is 18.2. The van der Waals surface area contributed by atoms with E-state index in [9.17, 15) is 9.18 Å². The standard InChI is InChI=1S/C19H22FNO3S/c1-13(16-10-15(23-2)8-9-18(16)24-3)21-19(22)12-25-11-14-6-4-5-7-17(14)20/h4-10,13H,11-12H2,1-3H3,(H,21,22)/t13-/m1/s1. The molecule has 0 aliphatic carbocycles. The second kappa shape index (κ2) is 9.32. The summed E-state index contributed by atoms with van der Waals surface area (Å²) in [6.07, 6.45) is 0. The molecule has 2 aromatic carbocycles. The largest absolute Gasteiger partial charge is 0.497 e. The van der Waals surface area contributed by atoms with E-state index in [1.54, 1.807) is 38.5 Å². The van der Waals surface area contributed by atoms with Gasteiger partial charge in [0.2, 0.25) is 5.91 Å². The van der Waals surface area contributed by atoms with Crippen LogP contribution in [0.2, 0.25) is 0 Å². The fourth-order valence-electron chi connectivity index (χ4n) is 2.41. The van der Waals surface area contributed by atoms with Crippen LogP contribution in [0.1, 0.15) is 24.1 Å². The first-order valence-electron chi connectivity index (χ1n) is 7.87. The van der Waals surface area contributed by atoms with Gasteiger partial charge >= 0.3 is 0 Å². The van der Waals surface area contributed by atoms with Crippen LogP contribution in [0.4, 0.5) is 4.39 Å². The van der Waals surface area contributed by atoms with E-state index in [0.29, 0.717) is 22.8 Å². The highest BCUT2D eigenvalue weighted by Crippen LogP contribution is 2.29. The van der Waals surface area contributed by atoms with E-state index in [1.165, 1.54) is 17.8 Å². The molecule has 134 valence electrons. The van der Waals surface area contributed by atoms with Crippen LogP contribution in [0.3, 0.4) is 0 Å². The first-order valence-corrected chi connectivity index (χ1v) is 9.03. The molecule has 1 atom stereocenters. The van der Waals surface area contributed by atoms with Crippen molar-refractivity contribution in [1.82, 2.24) is 5.32 Å². The Kier molecular flexibility index (Phi) is 7.13. The molecule has 0 aromatic heterocycles. The lowest BCUT2D eigenvalue weighted by molar-refractivity contribution is -0.119. The summed E-state index contributed by atoms with van der Waals surface area (Å²) in [4.78, 5) is 12.2. The number of carbonyl (C=O) groups excluding carboxylic acids is 1. The van der Waals surface area contributed by atoms with Crippen LogP contribution in [0.5, 0.6) is 11.5 Å². The number of ether oxygens (including phenoxy) is 2. The molecule has 0 saturated carbocycles. The first kappa shape index (κ1) is 19.1. The third-order valence-corrected chi connectivity index (χ3v) is 4.71. The molecule has 0 saturated heterocycles. The number of halogens is 1. The Hall–Kier alpha value is -2.21. The van der Waals surface area contributed by atoms with Crippen LogP contribution in [-0.4, -0.2) is 25.9 Å². The predicted octanol–water partition coefficient (Wildman–Crippen LogP) is 3.95. The topological polar surface area (TPSA) is 47.6 Å². The molecule has 1 amide bonds. The molecule has 0 aliphatic heterocycles. The van der Waals surface area contributed by atoms with Crippen LogP contribution in [0.25, 0.3) is 0 Å². The number of carbonyl (C=O) groups is 1. The molecule has 1 N–H and O–H groups in total. The van der Waals surface area contributed by atoms with Gasteiger partial charge in [0.25, 0.3) is 0 Å². The van der Waals surface area contributed by atoms with Crippen molar-refractivity contribution in [1.29, 1.82) is 0 Å². The number of methoxy groups -OCH3 is 2. The highest BCUT2D eigenvalue weighted by atomic mass is 32.2. The average molecular weight is 363 g/mol. The molecule has 0 unspecified atom stereocenters. The van der Waals surface area contributed by atoms with Crippen molar-refractivity contribution in [3.8, 4) is 11.5 Å². The molecule has 0 heterocycles. The van der Waals surface area contributed by atoms with Gasteiger partial charge in [0.1, 0.15) is 17.3 Å². The fourth-order valence-corrected chi connectivity index (χ4v) is 3.23. The number of hydrogen-bond acceptors (Lipinski definition) is 4. The fraction of sp³-hybridized carbons (Fsp3) is 0.316. The Morgan fingerprint density at radius 3 is 2.64 bits per heavy atom. The number of amides is 1. The molecule has 25 heavy (non-hydrogen) atoms. The van der Waals surface area contributed by atoms with Gasteiger partial charge in [0.05, 0.1) is 26.0 Å². The van der Waals surface area contributed by atoms with E-state index < -0.39 is 0 Å². The highest BCUT2D eigenvalue weighted by molar-refractivity contribution is 7.99. The summed E-state index contributed by atoms with van der Waals surface area (Å²) in [7, 11) is 3.18. The summed E-state index contributed by atoms with van der Waals surface area (Å²) in [5.74, 6) is 1.74. The monoisotopic (exact) mass is 363 g/mol. The van der Waals surface area contributed by atoms with Gasteiger partial charge in [-0.3, -0.25) is 4.79 Å². The van der Waals surface area contributed by atoms with Crippen LogP contribution < -0.4 is 14.8 Å². The molecule has 0 spiro atoms. The van der Waals surface area contributed by atoms with Crippen molar-refractivity contribution < 1.29 is 18.7 Å². The maximum Gasteiger partial charge on any atom is 0.230 e. The second-order valence-corrected chi connectivity index (χ2v) is 6.47. The number of thioether (sulfide) groups is 1. The summed E-state index contributed by atoms with van der Waals surface area (Å²) in [5, 5.41) is 2.93. The zero-order valence-electron chi connectivity index (χ0n) is 14.5. The third kappa shape index (κ3) is 5.39.